The summed E-state index contributed by atoms with van der Waals surface area (Å²) in [4.78, 5) is 0. The fraction of sp³-hybridized carbons (Fsp3) is 0.417. The summed E-state index contributed by atoms with van der Waals surface area (Å²) in [5.41, 5.74) is 4.04. The van der Waals surface area contributed by atoms with E-state index >= 15 is 0 Å². The zero-order valence-corrected chi connectivity index (χ0v) is 11.6. The van der Waals surface area contributed by atoms with Gasteiger partial charge in [0.25, 0.3) is 0 Å². The van der Waals surface area contributed by atoms with E-state index in [0.29, 0.717) is 0 Å². The molecule has 0 aliphatic heterocycles. The zero-order chi connectivity index (χ0) is 11.2. The molecule has 1 N–H and O–H groups in total. The van der Waals surface area contributed by atoms with Gasteiger partial charge in [-0.2, -0.15) is 5.10 Å². The summed E-state index contributed by atoms with van der Waals surface area (Å²) in [6, 6.07) is 4.27. The van der Waals surface area contributed by atoms with Gasteiger partial charge in [-0.3, -0.25) is 5.10 Å². The van der Waals surface area contributed by atoms with E-state index in [2.05, 4.69) is 72.6 Å². The highest BCUT2D eigenvalue weighted by Gasteiger charge is 2.21. The fourth-order valence-electron chi connectivity index (χ4n) is 2.15. The van der Waals surface area contributed by atoms with Gasteiger partial charge in [-0.15, -0.1) is 0 Å². The van der Waals surface area contributed by atoms with Crippen LogP contribution in [0.1, 0.15) is 31.9 Å². The molecule has 2 nitrogen and oxygen atoms in total. The zero-order valence-electron chi connectivity index (χ0n) is 9.48. The minimum atomic E-state index is 0.160. The first-order chi connectivity index (χ1) is 6.91. The standard InChI is InChI=1S/C12H15IN2/c1-7-5-6-8-9(11(13)15-14-8)10(7)12(2,3)4/h5-6H,1-4H3,(H,14,15). The molecule has 0 aliphatic carbocycles. The molecule has 1 heterocycles. The van der Waals surface area contributed by atoms with Crippen LogP contribution in [0.3, 0.4) is 0 Å². The van der Waals surface area contributed by atoms with Gasteiger partial charge < -0.3 is 0 Å². The number of nitrogens with zero attached hydrogens (tertiary/aromatic N) is 1. The number of fused-ring (bicyclic) bond motifs is 1. The smallest absolute Gasteiger partial charge is 0.131 e. The lowest BCUT2D eigenvalue weighted by Crippen LogP contribution is -2.13. The molecule has 0 saturated heterocycles. The quantitative estimate of drug-likeness (QED) is 0.737. The Morgan fingerprint density at radius 1 is 1.27 bits per heavy atom. The van der Waals surface area contributed by atoms with Crippen molar-refractivity contribution in [2.75, 3.05) is 0 Å². The van der Waals surface area contributed by atoms with E-state index < -0.39 is 0 Å². The highest BCUT2D eigenvalue weighted by Crippen LogP contribution is 2.34. The molecule has 0 bridgehead atoms. The Kier molecular flexibility index (Phi) is 2.53. The van der Waals surface area contributed by atoms with Crippen LogP contribution in [0, 0.1) is 10.6 Å². The molecule has 0 amide bonds. The number of rotatable bonds is 0. The highest BCUT2D eigenvalue weighted by molar-refractivity contribution is 14.1. The molecule has 1 aromatic heterocycles. The van der Waals surface area contributed by atoms with Crippen molar-refractivity contribution in [2.24, 2.45) is 0 Å². The van der Waals surface area contributed by atoms with Crippen molar-refractivity contribution in [1.29, 1.82) is 0 Å². The number of aryl methyl sites for hydroxylation is 1. The van der Waals surface area contributed by atoms with Crippen molar-refractivity contribution in [3.8, 4) is 0 Å². The van der Waals surface area contributed by atoms with Crippen molar-refractivity contribution < 1.29 is 0 Å². The molecule has 1 aromatic carbocycles. The van der Waals surface area contributed by atoms with Crippen LogP contribution in [0.2, 0.25) is 0 Å². The third-order valence-electron chi connectivity index (χ3n) is 2.64. The second-order valence-electron chi connectivity index (χ2n) is 4.94. The second kappa shape index (κ2) is 3.47. The lowest BCUT2D eigenvalue weighted by Gasteiger charge is -2.22. The average Bonchev–Trinajstić information content (AvgIpc) is 2.46. The molecule has 0 spiro atoms. The Balaban J connectivity index is 2.90. The summed E-state index contributed by atoms with van der Waals surface area (Å²) >= 11 is 2.29. The van der Waals surface area contributed by atoms with Gasteiger partial charge in [-0.1, -0.05) is 26.8 Å². The van der Waals surface area contributed by atoms with Crippen LogP contribution in [0.5, 0.6) is 0 Å². The Bertz CT molecular complexity index is 506. The minimum absolute atomic E-state index is 0.160. The molecule has 80 valence electrons. The highest BCUT2D eigenvalue weighted by atomic mass is 127. The maximum absolute atomic E-state index is 4.27. The summed E-state index contributed by atoms with van der Waals surface area (Å²) < 4.78 is 1.07. The first kappa shape index (κ1) is 10.9. The van der Waals surface area contributed by atoms with Gasteiger partial charge in [0.05, 0.1) is 5.52 Å². The summed E-state index contributed by atoms with van der Waals surface area (Å²) in [6.07, 6.45) is 0. The maximum atomic E-state index is 4.27. The second-order valence-corrected chi connectivity index (χ2v) is 5.97. The van der Waals surface area contributed by atoms with Gasteiger partial charge in [-0.05, 0) is 52.1 Å². The van der Waals surface area contributed by atoms with Crippen molar-refractivity contribution in [1.82, 2.24) is 10.2 Å². The number of aromatic amines is 1. The van der Waals surface area contributed by atoms with Gasteiger partial charge in [0.1, 0.15) is 3.70 Å². The predicted octanol–water partition coefficient (Wildman–Crippen LogP) is 3.77. The molecule has 15 heavy (non-hydrogen) atoms. The third kappa shape index (κ3) is 1.77. The molecule has 0 aliphatic rings. The Hall–Kier alpha value is -0.580. The summed E-state index contributed by atoms with van der Waals surface area (Å²) in [5.74, 6) is 0. The van der Waals surface area contributed by atoms with E-state index in [4.69, 9.17) is 0 Å². The van der Waals surface area contributed by atoms with E-state index in [-0.39, 0.29) is 5.41 Å². The number of aromatic nitrogens is 2. The van der Waals surface area contributed by atoms with Gasteiger partial charge in [0.15, 0.2) is 0 Å². The molecule has 0 radical (unpaired) electrons. The fourth-order valence-corrected chi connectivity index (χ4v) is 2.83. The molecule has 0 saturated carbocycles. The number of hydrogen-bond acceptors (Lipinski definition) is 1. The van der Waals surface area contributed by atoms with E-state index in [0.717, 1.165) is 9.22 Å². The van der Waals surface area contributed by atoms with E-state index in [9.17, 15) is 0 Å². The van der Waals surface area contributed by atoms with Gasteiger partial charge in [0, 0.05) is 5.39 Å². The molecule has 0 unspecified atom stereocenters. The van der Waals surface area contributed by atoms with Crippen molar-refractivity contribution in [3.05, 3.63) is 27.0 Å². The number of nitrogens with one attached hydrogen (secondary N) is 1. The Morgan fingerprint density at radius 2 is 1.93 bits per heavy atom. The normalized spacial score (nSPS) is 12.3. The predicted molar refractivity (Wildman–Crippen MR) is 72.2 cm³/mol. The van der Waals surface area contributed by atoms with Crippen LogP contribution in [-0.4, -0.2) is 10.2 Å². The van der Waals surface area contributed by atoms with Crippen LogP contribution in [0.15, 0.2) is 12.1 Å². The minimum Gasteiger partial charge on any atom is -0.277 e. The van der Waals surface area contributed by atoms with Crippen molar-refractivity contribution in [2.45, 2.75) is 33.1 Å². The largest absolute Gasteiger partial charge is 0.277 e. The average molecular weight is 314 g/mol. The van der Waals surface area contributed by atoms with Crippen LogP contribution in [0.4, 0.5) is 0 Å². The van der Waals surface area contributed by atoms with E-state index in [1.54, 1.807) is 0 Å². The first-order valence-electron chi connectivity index (χ1n) is 5.05. The van der Waals surface area contributed by atoms with Crippen molar-refractivity contribution in [3.63, 3.8) is 0 Å². The Labute approximate surface area is 104 Å². The molecular weight excluding hydrogens is 299 g/mol. The van der Waals surface area contributed by atoms with E-state index in [1.807, 2.05) is 0 Å². The van der Waals surface area contributed by atoms with Crippen LogP contribution in [-0.2, 0) is 5.41 Å². The lowest BCUT2D eigenvalue weighted by molar-refractivity contribution is 0.592. The number of benzene rings is 1. The lowest BCUT2D eigenvalue weighted by atomic mass is 9.82. The maximum Gasteiger partial charge on any atom is 0.131 e. The third-order valence-corrected chi connectivity index (χ3v) is 3.43. The van der Waals surface area contributed by atoms with Crippen LogP contribution < -0.4 is 0 Å². The molecular formula is C12H15IN2. The summed E-state index contributed by atoms with van der Waals surface area (Å²) in [6.45, 7) is 8.91. The van der Waals surface area contributed by atoms with Crippen LogP contribution >= 0.6 is 22.6 Å². The molecule has 0 fully saturated rings. The van der Waals surface area contributed by atoms with E-state index in [1.165, 1.54) is 16.5 Å². The monoisotopic (exact) mass is 314 g/mol. The SMILES string of the molecule is Cc1ccc2[nH]nc(I)c2c1C(C)(C)C. The number of hydrogen-bond donors (Lipinski definition) is 1. The molecule has 2 rings (SSSR count). The van der Waals surface area contributed by atoms with Crippen molar-refractivity contribution >= 4 is 33.5 Å². The Morgan fingerprint density at radius 3 is 2.53 bits per heavy atom. The topological polar surface area (TPSA) is 28.7 Å². The molecule has 3 heteroatoms. The first-order valence-corrected chi connectivity index (χ1v) is 6.13. The molecule has 0 atom stereocenters. The number of H-pyrrole nitrogens is 1. The van der Waals surface area contributed by atoms with Gasteiger partial charge >= 0.3 is 0 Å². The van der Waals surface area contributed by atoms with Gasteiger partial charge in [0.2, 0.25) is 0 Å². The summed E-state index contributed by atoms with van der Waals surface area (Å²) in [7, 11) is 0. The summed E-state index contributed by atoms with van der Waals surface area (Å²) in [5, 5.41) is 8.62. The molecule has 2 aromatic rings. The van der Waals surface area contributed by atoms with Gasteiger partial charge in [-0.25, -0.2) is 0 Å². The number of halogens is 1. The van der Waals surface area contributed by atoms with Crippen LogP contribution in [0.25, 0.3) is 10.9 Å².